The molecule has 81 heavy (non-hydrogen) atoms. The molecule has 424 valence electrons. The van der Waals surface area contributed by atoms with Gasteiger partial charge in [-0.05, 0) is 43.2 Å². The summed E-state index contributed by atoms with van der Waals surface area (Å²) < 4.78 is 76.4. The molecule has 2 aliphatic heterocycles. The molecule has 0 aromatic heterocycles. The Hall–Kier alpha value is -6.66. The molecule has 9 rings (SSSR count). The lowest BCUT2D eigenvalue weighted by molar-refractivity contribution is -0.371. The summed E-state index contributed by atoms with van der Waals surface area (Å²) >= 11 is 0. The maximum atomic E-state index is 13.7. The third-order valence-electron chi connectivity index (χ3n) is 14.5. The zero-order valence-electron chi connectivity index (χ0n) is 46.7. The zero-order valence-corrected chi connectivity index (χ0v) is 47.7. The first-order valence-electron chi connectivity index (χ1n) is 27.7. The summed E-state index contributed by atoms with van der Waals surface area (Å²) in [7, 11) is -3.25. The van der Waals surface area contributed by atoms with Crippen LogP contribution in [0.4, 0.5) is 0 Å². The van der Waals surface area contributed by atoms with Crippen LogP contribution in [0.3, 0.4) is 0 Å². The van der Waals surface area contributed by atoms with Gasteiger partial charge >= 0.3 is 11.9 Å². The molecule has 0 amide bonds. The Morgan fingerprint density at radius 1 is 0.395 bits per heavy atom. The molecule has 0 saturated carbocycles. The highest BCUT2D eigenvalue weighted by Gasteiger charge is 2.57. The highest BCUT2D eigenvalue weighted by Crippen LogP contribution is 2.40. The SMILES string of the molecule is CC(=O)OC1O[C@H](COCc2ccccc2)[C@@H](O[C@@H]2O[C@H](CO[Si](c3ccccc3)(c3ccccc3)C(C)(C)C)[C@H](OCc3ccccc3)[C@H](OC(C)=O)[C@H]2OCc2ccccc2)[C@H](OCc2ccccc2)[C@H]1OCc1ccccc1. The van der Waals surface area contributed by atoms with Crippen molar-refractivity contribution in [3.8, 4) is 0 Å². The van der Waals surface area contributed by atoms with E-state index in [0.29, 0.717) is 0 Å². The van der Waals surface area contributed by atoms with Gasteiger partial charge < -0.3 is 51.8 Å². The molecule has 2 saturated heterocycles. The fourth-order valence-corrected chi connectivity index (χ4v) is 15.3. The van der Waals surface area contributed by atoms with Crippen LogP contribution in [0.15, 0.2) is 212 Å². The van der Waals surface area contributed by atoms with Gasteiger partial charge in [-0.3, -0.25) is 9.59 Å². The molecule has 0 N–H and O–H groups in total. The molecule has 2 aliphatic rings. The van der Waals surface area contributed by atoms with E-state index in [4.69, 9.17) is 51.8 Å². The Kier molecular flexibility index (Phi) is 21.0. The van der Waals surface area contributed by atoms with E-state index in [1.54, 1.807) is 0 Å². The van der Waals surface area contributed by atoms with Crippen molar-refractivity contribution >= 4 is 30.6 Å². The first-order chi connectivity index (χ1) is 39.4. The predicted octanol–water partition coefficient (Wildman–Crippen LogP) is 10.5. The molecule has 0 aliphatic carbocycles. The number of ether oxygens (including phenoxy) is 10. The van der Waals surface area contributed by atoms with Crippen LogP contribution in [-0.2, 0) is 94.4 Å². The fraction of sp³-hybridized carbons (Fsp3) is 0.343. The van der Waals surface area contributed by atoms with Gasteiger partial charge in [-0.25, -0.2) is 0 Å². The summed E-state index contributed by atoms with van der Waals surface area (Å²) in [6.45, 7) is 9.93. The summed E-state index contributed by atoms with van der Waals surface area (Å²) in [6.07, 6.45) is -11.0. The second kappa shape index (κ2) is 28.8. The Balaban J connectivity index is 1.17. The molecule has 10 atom stereocenters. The van der Waals surface area contributed by atoms with Crippen LogP contribution in [-0.4, -0.2) is 94.9 Å². The highest BCUT2D eigenvalue weighted by molar-refractivity contribution is 6.99. The van der Waals surface area contributed by atoms with E-state index in [2.05, 4.69) is 45.0 Å². The van der Waals surface area contributed by atoms with Crippen molar-refractivity contribution in [2.45, 2.75) is 134 Å². The second-order valence-electron chi connectivity index (χ2n) is 21.4. The third-order valence-corrected chi connectivity index (χ3v) is 19.5. The van der Waals surface area contributed by atoms with Crippen molar-refractivity contribution < 1.29 is 61.4 Å². The summed E-state index contributed by atoms with van der Waals surface area (Å²) in [4.78, 5) is 26.8. The van der Waals surface area contributed by atoms with Gasteiger partial charge in [-0.2, -0.15) is 0 Å². The van der Waals surface area contributed by atoms with Crippen molar-refractivity contribution in [2.24, 2.45) is 0 Å². The van der Waals surface area contributed by atoms with Crippen molar-refractivity contribution in [1.82, 2.24) is 0 Å². The summed E-state index contributed by atoms with van der Waals surface area (Å²) in [5.41, 5.74) is 4.42. The van der Waals surface area contributed by atoms with Gasteiger partial charge in [0.25, 0.3) is 8.32 Å². The number of rotatable bonds is 25. The second-order valence-corrected chi connectivity index (χ2v) is 25.7. The summed E-state index contributed by atoms with van der Waals surface area (Å²) in [5, 5.41) is 1.71. The molecular weight excluding hydrogens is 1040 g/mol. The van der Waals surface area contributed by atoms with Crippen molar-refractivity contribution in [3.63, 3.8) is 0 Å². The van der Waals surface area contributed by atoms with Crippen LogP contribution in [0.25, 0.3) is 0 Å². The molecule has 7 aromatic carbocycles. The maximum absolute atomic E-state index is 13.7. The molecule has 14 heteroatoms. The number of benzene rings is 7. The van der Waals surface area contributed by atoms with Gasteiger partial charge in [-0.15, -0.1) is 0 Å². The van der Waals surface area contributed by atoms with E-state index in [9.17, 15) is 9.59 Å². The quantitative estimate of drug-likeness (QED) is 0.0397. The molecule has 0 radical (unpaired) electrons. The molecule has 2 fully saturated rings. The predicted molar refractivity (Wildman–Crippen MR) is 309 cm³/mol. The largest absolute Gasteiger partial charge is 0.457 e. The Morgan fingerprint density at radius 3 is 1.15 bits per heavy atom. The smallest absolute Gasteiger partial charge is 0.305 e. The number of esters is 2. The van der Waals surface area contributed by atoms with Gasteiger partial charge in [0.2, 0.25) is 6.29 Å². The molecule has 0 bridgehead atoms. The van der Waals surface area contributed by atoms with Crippen LogP contribution < -0.4 is 10.4 Å². The monoisotopic (exact) mass is 1110 g/mol. The average molecular weight is 1120 g/mol. The molecule has 2 heterocycles. The molecule has 7 aromatic rings. The summed E-state index contributed by atoms with van der Waals surface area (Å²) in [6, 6.07) is 69.4. The molecule has 1 unspecified atom stereocenters. The Labute approximate surface area is 477 Å². The number of carbonyl (C=O) groups excluding carboxylic acids is 2. The molecule has 13 nitrogen and oxygen atoms in total. The minimum atomic E-state index is -3.25. The normalized spacial score (nSPS) is 23.1. The van der Waals surface area contributed by atoms with Crippen LogP contribution in [0, 0.1) is 0 Å². The fourth-order valence-electron chi connectivity index (χ4n) is 10.7. The minimum Gasteiger partial charge on any atom is -0.457 e. The minimum absolute atomic E-state index is 0.0220. The van der Waals surface area contributed by atoms with Crippen LogP contribution in [0.1, 0.15) is 62.4 Å². The standard InChI is InChI=1S/C67H74O13Si/c1-48(68)76-62-59(71-42-51-29-15-7-16-30-51)58(47-75-81(67(3,4)5,55-37-23-11-24-38-55)56-39-25-12-26-40-56)79-66(64(62)74-45-54-35-21-10-22-36-54)80-60-57(46-70-41-50-27-13-6-14-28-50)78-65(77-49(2)69)63(73-44-53-33-19-9-20-34-53)61(60)72-43-52-31-17-8-18-32-52/h6-40,57-66H,41-47H2,1-5H3/t57-,58-,59+,60-,61+,62+,63-,64-,65?,66+/m1/s1. The highest BCUT2D eigenvalue weighted by atomic mass is 28.4. The van der Waals surface area contributed by atoms with E-state index in [0.717, 1.165) is 38.2 Å². The van der Waals surface area contributed by atoms with Gasteiger partial charge in [-0.1, -0.05) is 233 Å². The summed E-state index contributed by atoms with van der Waals surface area (Å²) in [5.74, 6) is -1.15. The lowest BCUT2D eigenvalue weighted by Gasteiger charge is -2.50. The van der Waals surface area contributed by atoms with E-state index in [-0.39, 0.29) is 46.2 Å². The van der Waals surface area contributed by atoms with Crippen molar-refractivity contribution in [2.75, 3.05) is 13.2 Å². The molecule has 0 spiro atoms. The first kappa shape index (κ1) is 59.0. The van der Waals surface area contributed by atoms with Gasteiger partial charge in [0, 0.05) is 13.8 Å². The van der Waals surface area contributed by atoms with Gasteiger partial charge in [0.15, 0.2) is 12.4 Å². The van der Waals surface area contributed by atoms with E-state index >= 15 is 0 Å². The maximum Gasteiger partial charge on any atom is 0.305 e. The Morgan fingerprint density at radius 2 is 0.741 bits per heavy atom. The van der Waals surface area contributed by atoms with Crippen molar-refractivity contribution in [3.05, 3.63) is 240 Å². The van der Waals surface area contributed by atoms with Crippen LogP contribution in [0.2, 0.25) is 5.04 Å². The first-order valence-corrected chi connectivity index (χ1v) is 29.7. The average Bonchev–Trinajstić information content (AvgIpc) is 3.61. The van der Waals surface area contributed by atoms with Crippen LogP contribution >= 0.6 is 0 Å². The third kappa shape index (κ3) is 15.7. The van der Waals surface area contributed by atoms with Gasteiger partial charge in [0.05, 0.1) is 46.2 Å². The lowest BCUT2D eigenvalue weighted by Crippen LogP contribution is -2.69. The van der Waals surface area contributed by atoms with Gasteiger partial charge in [0.1, 0.15) is 42.7 Å². The van der Waals surface area contributed by atoms with Crippen molar-refractivity contribution in [1.29, 1.82) is 0 Å². The number of hydrogen-bond acceptors (Lipinski definition) is 13. The van der Waals surface area contributed by atoms with E-state index in [1.165, 1.54) is 13.8 Å². The Bertz CT molecular complexity index is 2920. The van der Waals surface area contributed by atoms with E-state index < -0.39 is 86.7 Å². The topological polar surface area (TPSA) is 136 Å². The molecular formula is C67H74O13Si. The van der Waals surface area contributed by atoms with Crippen LogP contribution in [0.5, 0.6) is 0 Å². The lowest BCUT2D eigenvalue weighted by atomic mass is 9.95. The number of carbonyl (C=O) groups is 2. The number of hydrogen-bond donors (Lipinski definition) is 0. The zero-order chi connectivity index (χ0) is 56.4. The van der Waals surface area contributed by atoms with E-state index in [1.807, 2.05) is 188 Å².